The lowest BCUT2D eigenvalue weighted by Crippen LogP contribution is -2.35. The lowest BCUT2D eigenvalue weighted by Gasteiger charge is -2.28. The molecular formula is C15H30O6. The molecule has 0 bridgehead atoms. The minimum Gasteiger partial charge on any atom is -0.460 e. The highest BCUT2D eigenvalue weighted by Crippen LogP contribution is 2.17. The van der Waals surface area contributed by atoms with Crippen LogP contribution >= 0.6 is 0 Å². The molecule has 3 N–H and O–H groups in total. The van der Waals surface area contributed by atoms with Crippen LogP contribution in [0.3, 0.4) is 0 Å². The van der Waals surface area contributed by atoms with Gasteiger partial charge in [-0.15, -0.1) is 0 Å². The van der Waals surface area contributed by atoms with E-state index in [-0.39, 0.29) is 24.6 Å². The Hall–Kier alpha value is -0.690. The quantitative estimate of drug-likeness (QED) is 0.521. The number of aliphatic hydroxyl groups is 3. The van der Waals surface area contributed by atoms with Crippen LogP contribution in [-0.4, -0.2) is 57.9 Å². The second-order valence-electron chi connectivity index (χ2n) is 5.84. The van der Waals surface area contributed by atoms with Crippen LogP contribution in [0.25, 0.3) is 0 Å². The van der Waals surface area contributed by atoms with Crippen LogP contribution in [0.15, 0.2) is 0 Å². The van der Waals surface area contributed by atoms with Crippen LogP contribution in [0.1, 0.15) is 53.9 Å². The zero-order chi connectivity index (χ0) is 16.6. The summed E-state index contributed by atoms with van der Waals surface area (Å²) in [5.74, 6) is -0.376. The van der Waals surface area contributed by atoms with E-state index in [1.807, 2.05) is 0 Å². The molecule has 0 aliphatic carbocycles. The average molecular weight is 306 g/mol. The lowest BCUT2D eigenvalue weighted by molar-refractivity contribution is -0.157. The fraction of sp³-hybridized carbons (Fsp3) is 0.933. The van der Waals surface area contributed by atoms with Crippen molar-refractivity contribution in [3.8, 4) is 0 Å². The zero-order valence-electron chi connectivity index (χ0n) is 13.7. The van der Waals surface area contributed by atoms with E-state index in [1.165, 1.54) is 6.92 Å². The number of carbonyl (C=O) groups excluding carboxylic acids is 1. The van der Waals surface area contributed by atoms with E-state index in [4.69, 9.17) is 9.47 Å². The fourth-order valence-electron chi connectivity index (χ4n) is 2.15. The van der Waals surface area contributed by atoms with E-state index in [1.54, 1.807) is 27.7 Å². The molecule has 0 amide bonds. The molecule has 6 nitrogen and oxygen atoms in total. The number of carbonyl (C=O) groups is 1. The molecule has 0 aliphatic rings. The van der Waals surface area contributed by atoms with Crippen molar-refractivity contribution in [2.45, 2.75) is 90.5 Å². The number of esters is 1. The molecule has 0 aromatic heterocycles. The van der Waals surface area contributed by atoms with Crippen molar-refractivity contribution in [3.63, 3.8) is 0 Å². The molecule has 0 aliphatic heterocycles. The maximum absolute atomic E-state index is 10.9. The summed E-state index contributed by atoms with van der Waals surface area (Å²) >= 11 is 0. The summed E-state index contributed by atoms with van der Waals surface area (Å²) in [7, 11) is 0. The van der Waals surface area contributed by atoms with Crippen molar-refractivity contribution >= 4 is 5.97 Å². The molecule has 0 aromatic rings. The van der Waals surface area contributed by atoms with Gasteiger partial charge in [0.05, 0.1) is 30.5 Å². The van der Waals surface area contributed by atoms with E-state index in [0.29, 0.717) is 12.8 Å². The molecule has 0 saturated heterocycles. The topological polar surface area (TPSA) is 96.2 Å². The van der Waals surface area contributed by atoms with Gasteiger partial charge in [0.1, 0.15) is 6.10 Å². The summed E-state index contributed by atoms with van der Waals surface area (Å²) in [5.41, 5.74) is 0. The first kappa shape index (κ1) is 20.3. The largest absolute Gasteiger partial charge is 0.460 e. The Bertz CT molecular complexity index is 292. The van der Waals surface area contributed by atoms with Gasteiger partial charge in [-0.05, 0) is 47.0 Å². The van der Waals surface area contributed by atoms with Gasteiger partial charge in [0.2, 0.25) is 0 Å². The summed E-state index contributed by atoms with van der Waals surface area (Å²) in [5, 5.41) is 28.7. The molecule has 126 valence electrons. The minimum absolute atomic E-state index is 0.257. The van der Waals surface area contributed by atoms with Crippen molar-refractivity contribution in [1.29, 1.82) is 0 Å². The van der Waals surface area contributed by atoms with E-state index >= 15 is 0 Å². The van der Waals surface area contributed by atoms with Gasteiger partial charge < -0.3 is 24.8 Å². The second kappa shape index (κ2) is 10.1. The number of hydrogen-bond acceptors (Lipinski definition) is 6. The normalized spacial score (nSPS) is 20.2. The Kier molecular flexibility index (Phi) is 9.77. The Morgan fingerprint density at radius 2 is 1.43 bits per heavy atom. The molecule has 0 aromatic carbocycles. The van der Waals surface area contributed by atoms with Gasteiger partial charge in [0.15, 0.2) is 0 Å². The number of rotatable bonds is 10. The molecule has 0 heterocycles. The molecule has 0 spiro atoms. The molecule has 0 radical (unpaired) electrons. The number of hydrogen-bond donors (Lipinski definition) is 3. The summed E-state index contributed by atoms with van der Waals surface area (Å²) < 4.78 is 10.9. The van der Waals surface area contributed by atoms with E-state index < -0.39 is 24.4 Å². The van der Waals surface area contributed by atoms with E-state index in [2.05, 4.69) is 0 Å². The van der Waals surface area contributed by atoms with Crippen LogP contribution in [0, 0.1) is 0 Å². The third-order valence-electron chi connectivity index (χ3n) is 3.17. The standard InChI is InChI=1S/C15H30O6/c1-9(16)6-14(19)8-15(7-10(2)17)21-12(4)11(3)20-13(5)18/h9-12,14-17,19H,6-8H2,1-5H3. The highest BCUT2D eigenvalue weighted by Gasteiger charge is 2.24. The average Bonchev–Trinajstić information content (AvgIpc) is 2.25. The summed E-state index contributed by atoms with van der Waals surface area (Å²) in [6.07, 6.45) is -2.05. The van der Waals surface area contributed by atoms with Crippen LogP contribution < -0.4 is 0 Å². The molecule has 6 atom stereocenters. The minimum atomic E-state index is -0.704. The van der Waals surface area contributed by atoms with Crippen LogP contribution in [0.5, 0.6) is 0 Å². The first-order valence-electron chi connectivity index (χ1n) is 7.48. The van der Waals surface area contributed by atoms with Gasteiger partial charge in [0.25, 0.3) is 0 Å². The summed E-state index contributed by atoms with van der Waals surface area (Å²) in [6.45, 7) is 8.11. The Labute approximate surface area is 127 Å². The first-order chi connectivity index (χ1) is 9.61. The van der Waals surface area contributed by atoms with Gasteiger partial charge in [-0.3, -0.25) is 4.79 Å². The van der Waals surface area contributed by atoms with Gasteiger partial charge >= 0.3 is 5.97 Å². The number of aliphatic hydroxyl groups excluding tert-OH is 3. The van der Waals surface area contributed by atoms with Crippen LogP contribution in [0.4, 0.5) is 0 Å². The van der Waals surface area contributed by atoms with Gasteiger partial charge in [0, 0.05) is 6.92 Å². The Balaban J connectivity index is 4.49. The van der Waals surface area contributed by atoms with Crippen molar-refractivity contribution < 1.29 is 29.6 Å². The molecule has 21 heavy (non-hydrogen) atoms. The van der Waals surface area contributed by atoms with Gasteiger partial charge in [-0.2, -0.15) is 0 Å². The Morgan fingerprint density at radius 3 is 1.86 bits per heavy atom. The monoisotopic (exact) mass is 306 g/mol. The molecule has 0 saturated carbocycles. The van der Waals surface area contributed by atoms with E-state index in [0.717, 1.165) is 0 Å². The zero-order valence-corrected chi connectivity index (χ0v) is 13.7. The first-order valence-corrected chi connectivity index (χ1v) is 7.48. The predicted octanol–water partition coefficient (Wildman–Crippen LogP) is 1.00. The smallest absolute Gasteiger partial charge is 0.302 e. The van der Waals surface area contributed by atoms with E-state index in [9.17, 15) is 20.1 Å². The highest BCUT2D eigenvalue weighted by molar-refractivity contribution is 5.66. The third-order valence-corrected chi connectivity index (χ3v) is 3.17. The maximum atomic E-state index is 10.9. The Morgan fingerprint density at radius 1 is 0.905 bits per heavy atom. The summed E-state index contributed by atoms with van der Waals surface area (Å²) in [6, 6.07) is 0. The molecule has 0 fully saturated rings. The van der Waals surface area contributed by atoms with Crippen LogP contribution in [-0.2, 0) is 14.3 Å². The predicted molar refractivity (Wildman–Crippen MR) is 78.8 cm³/mol. The van der Waals surface area contributed by atoms with Gasteiger partial charge in [-0.25, -0.2) is 0 Å². The fourth-order valence-corrected chi connectivity index (χ4v) is 2.15. The highest BCUT2D eigenvalue weighted by atomic mass is 16.6. The third kappa shape index (κ3) is 10.6. The second-order valence-corrected chi connectivity index (χ2v) is 5.84. The van der Waals surface area contributed by atoms with Gasteiger partial charge in [-0.1, -0.05) is 0 Å². The molecule has 6 unspecified atom stereocenters. The van der Waals surface area contributed by atoms with Crippen LogP contribution in [0.2, 0.25) is 0 Å². The molecular weight excluding hydrogens is 276 g/mol. The molecule has 6 heteroatoms. The maximum Gasteiger partial charge on any atom is 0.302 e. The number of ether oxygens (including phenoxy) is 2. The van der Waals surface area contributed by atoms with Crippen molar-refractivity contribution in [1.82, 2.24) is 0 Å². The van der Waals surface area contributed by atoms with Crippen molar-refractivity contribution in [2.24, 2.45) is 0 Å². The SMILES string of the molecule is CC(=O)OC(C)C(C)OC(CC(C)O)CC(O)CC(C)O. The molecule has 0 rings (SSSR count). The van der Waals surface area contributed by atoms with Crippen molar-refractivity contribution in [2.75, 3.05) is 0 Å². The lowest BCUT2D eigenvalue weighted by atomic mass is 10.0. The van der Waals surface area contributed by atoms with Crippen molar-refractivity contribution in [3.05, 3.63) is 0 Å². The summed E-state index contributed by atoms with van der Waals surface area (Å²) in [4.78, 5) is 10.9.